The Balaban J connectivity index is 1.40. The molecule has 17 heteroatoms. The lowest BCUT2D eigenvalue weighted by molar-refractivity contribution is 0.0730. The van der Waals surface area contributed by atoms with Gasteiger partial charge in [-0.25, -0.2) is 16.8 Å². The van der Waals surface area contributed by atoms with Crippen molar-refractivity contribution in [1.29, 1.82) is 0 Å². The summed E-state index contributed by atoms with van der Waals surface area (Å²) >= 11 is 17.3. The molecule has 0 aliphatic carbocycles. The zero-order chi connectivity index (χ0) is 30.5. The number of benzene rings is 3. The fourth-order valence-electron chi connectivity index (χ4n) is 3.80. The number of nitrogens with one attached hydrogen (secondary N) is 4. The molecule has 0 bridgehead atoms. The number of methoxy groups -OCH3 is 1. The van der Waals surface area contributed by atoms with Crippen molar-refractivity contribution >= 4 is 77.9 Å². The van der Waals surface area contributed by atoms with Gasteiger partial charge in [0.15, 0.2) is 5.11 Å². The third-order valence-corrected chi connectivity index (χ3v) is 9.97. The second-order valence-corrected chi connectivity index (χ2v) is 13.5. The summed E-state index contributed by atoms with van der Waals surface area (Å²) in [5, 5.41) is 3.20. The lowest BCUT2D eigenvalue weighted by atomic mass is 10.2. The predicted molar refractivity (Wildman–Crippen MR) is 163 cm³/mol. The molecule has 0 radical (unpaired) electrons. The molecule has 3 aromatic rings. The van der Waals surface area contributed by atoms with E-state index in [1.165, 1.54) is 66.0 Å². The van der Waals surface area contributed by atoms with Crippen molar-refractivity contribution in [3.8, 4) is 5.75 Å². The number of hydrogen-bond acceptors (Lipinski definition) is 8. The fraction of sp³-hybridized carbons (Fsp3) is 0.200. The highest BCUT2D eigenvalue weighted by Crippen LogP contribution is 2.31. The quantitative estimate of drug-likeness (QED) is 0.206. The zero-order valence-electron chi connectivity index (χ0n) is 21.9. The zero-order valence-corrected chi connectivity index (χ0v) is 25.8. The van der Waals surface area contributed by atoms with Gasteiger partial charge in [-0.05, 0) is 72.9 Å². The molecule has 1 aliphatic rings. The second kappa shape index (κ2) is 13.4. The standard InChI is InChI=1S/C25H25Cl2N5O7S3/c1-38-22-9-2-16(14-23(22)41(34,35)31-21-15-17(26)3-8-20(21)27)24(33)29-30-25(40)28-18-4-6-19(7-5-18)42(36,37)32-10-12-39-13-11-32/h2-9,14-15,31H,10-13H2,1H3,(H,29,33)(H2,28,30,40). The Morgan fingerprint density at radius 2 is 1.64 bits per heavy atom. The van der Waals surface area contributed by atoms with E-state index in [4.69, 9.17) is 44.9 Å². The van der Waals surface area contributed by atoms with E-state index < -0.39 is 26.0 Å². The molecule has 4 rings (SSSR count). The number of rotatable bonds is 8. The Labute approximate surface area is 258 Å². The van der Waals surface area contributed by atoms with Crippen LogP contribution in [0.15, 0.2) is 70.5 Å². The highest BCUT2D eigenvalue weighted by atomic mass is 35.5. The molecule has 0 aromatic heterocycles. The molecule has 1 aliphatic heterocycles. The Morgan fingerprint density at radius 1 is 0.952 bits per heavy atom. The number of thiocarbonyl (C=S) groups is 1. The van der Waals surface area contributed by atoms with E-state index in [-0.39, 0.29) is 55.0 Å². The average molecular weight is 675 g/mol. The molecular formula is C25H25Cl2N5O7S3. The number of carbonyl (C=O) groups excluding carboxylic acids is 1. The molecule has 42 heavy (non-hydrogen) atoms. The van der Waals surface area contributed by atoms with Gasteiger partial charge in [0, 0.05) is 29.4 Å². The molecule has 0 saturated carbocycles. The maximum Gasteiger partial charge on any atom is 0.269 e. The fourth-order valence-corrected chi connectivity index (χ4v) is 7.03. The van der Waals surface area contributed by atoms with Crippen LogP contribution in [0.5, 0.6) is 5.75 Å². The molecular weight excluding hydrogens is 649 g/mol. The monoisotopic (exact) mass is 673 g/mol. The molecule has 1 saturated heterocycles. The third kappa shape index (κ3) is 7.60. The highest BCUT2D eigenvalue weighted by Gasteiger charge is 2.26. The van der Waals surface area contributed by atoms with Crippen molar-refractivity contribution in [2.75, 3.05) is 43.5 Å². The van der Waals surface area contributed by atoms with Gasteiger partial charge in [0.2, 0.25) is 10.0 Å². The highest BCUT2D eigenvalue weighted by molar-refractivity contribution is 7.92. The van der Waals surface area contributed by atoms with Gasteiger partial charge in [0.1, 0.15) is 10.6 Å². The van der Waals surface area contributed by atoms with Crippen LogP contribution in [0.4, 0.5) is 11.4 Å². The lowest BCUT2D eigenvalue weighted by Crippen LogP contribution is -2.43. The minimum atomic E-state index is -4.25. The van der Waals surface area contributed by atoms with Crippen LogP contribution < -0.4 is 25.6 Å². The average Bonchev–Trinajstić information content (AvgIpc) is 2.98. The van der Waals surface area contributed by atoms with Crippen LogP contribution in [-0.2, 0) is 24.8 Å². The van der Waals surface area contributed by atoms with Gasteiger partial charge < -0.3 is 14.8 Å². The van der Waals surface area contributed by atoms with Gasteiger partial charge in [-0.15, -0.1) is 0 Å². The molecule has 0 spiro atoms. The summed E-state index contributed by atoms with van der Waals surface area (Å²) in [7, 11) is -6.61. The maximum absolute atomic E-state index is 13.1. The summed E-state index contributed by atoms with van der Waals surface area (Å²) in [6, 6.07) is 14.1. The number of hydrazine groups is 1. The Bertz CT molecular complexity index is 1700. The van der Waals surface area contributed by atoms with E-state index in [1.54, 1.807) is 0 Å². The van der Waals surface area contributed by atoms with Crippen molar-refractivity contribution in [3.05, 3.63) is 76.3 Å². The first-order valence-corrected chi connectivity index (χ1v) is 16.2. The van der Waals surface area contributed by atoms with E-state index in [1.807, 2.05) is 0 Å². The summed E-state index contributed by atoms with van der Waals surface area (Å²) in [6.45, 7) is 1.24. The second-order valence-electron chi connectivity index (χ2n) is 8.67. The number of amides is 1. The van der Waals surface area contributed by atoms with Crippen molar-refractivity contribution in [3.63, 3.8) is 0 Å². The molecule has 1 heterocycles. The minimum Gasteiger partial charge on any atom is -0.495 e. The summed E-state index contributed by atoms with van der Waals surface area (Å²) in [4.78, 5) is 12.6. The summed E-state index contributed by atoms with van der Waals surface area (Å²) in [6.07, 6.45) is 0. The number of sulfonamides is 2. The Morgan fingerprint density at radius 3 is 2.31 bits per heavy atom. The molecule has 1 fully saturated rings. The van der Waals surface area contributed by atoms with Crippen LogP contribution in [-0.4, -0.2) is 65.6 Å². The predicted octanol–water partition coefficient (Wildman–Crippen LogP) is 3.46. The number of halogens is 2. The third-order valence-electron chi connectivity index (χ3n) is 5.90. The maximum atomic E-state index is 13.1. The van der Waals surface area contributed by atoms with Crippen molar-refractivity contribution < 1.29 is 31.1 Å². The minimum absolute atomic E-state index is 0.00856. The first-order valence-electron chi connectivity index (χ1n) is 12.1. The van der Waals surface area contributed by atoms with Crippen molar-refractivity contribution in [2.45, 2.75) is 9.79 Å². The number of morpholine rings is 1. The smallest absolute Gasteiger partial charge is 0.269 e. The van der Waals surface area contributed by atoms with Gasteiger partial charge in [-0.3, -0.25) is 20.4 Å². The summed E-state index contributed by atoms with van der Waals surface area (Å²) in [5.41, 5.74) is 5.38. The molecule has 224 valence electrons. The first-order chi connectivity index (χ1) is 19.9. The lowest BCUT2D eigenvalue weighted by Gasteiger charge is -2.26. The van der Waals surface area contributed by atoms with Crippen LogP contribution in [0.3, 0.4) is 0 Å². The number of nitrogens with zero attached hydrogens (tertiary/aromatic N) is 1. The number of anilines is 2. The van der Waals surface area contributed by atoms with E-state index in [0.717, 1.165) is 6.07 Å². The van der Waals surface area contributed by atoms with Crippen LogP contribution in [0, 0.1) is 0 Å². The summed E-state index contributed by atoms with van der Waals surface area (Å²) in [5.74, 6) is -0.715. The summed E-state index contributed by atoms with van der Waals surface area (Å²) < 4.78 is 66.0. The van der Waals surface area contributed by atoms with E-state index in [0.29, 0.717) is 18.9 Å². The Hall–Kier alpha value is -3.18. The number of hydrogen-bond donors (Lipinski definition) is 4. The van der Waals surface area contributed by atoms with Gasteiger partial charge in [0.25, 0.3) is 15.9 Å². The van der Waals surface area contributed by atoms with Crippen molar-refractivity contribution in [1.82, 2.24) is 15.2 Å². The SMILES string of the molecule is COc1ccc(C(=O)NNC(=S)Nc2ccc(S(=O)(=O)N3CCOCC3)cc2)cc1S(=O)(=O)Nc1cc(Cl)ccc1Cl. The largest absolute Gasteiger partial charge is 0.495 e. The normalized spacial score (nSPS) is 14.1. The molecule has 0 atom stereocenters. The molecule has 0 unspecified atom stereocenters. The van der Waals surface area contributed by atoms with Crippen LogP contribution in [0.2, 0.25) is 10.0 Å². The van der Waals surface area contributed by atoms with E-state index in [9.17, 15) is 21.6 Å². The van der Waals surface area contributed by atoms with Crippen molar-refractivity contribution in [2.24, 2.45) is 0 Å². The molecule has 4 N–H and O–H groups in total. The van der Waals surface area contributed by atoms with Gasteiger partial charge in [-0.2, -0.15) is 4.31 Å². The number of ether oxygens (including phenoxy) is 2. The topological polar surface area (TPSA) is 155 Å². The Kier molecular flexibility index (Phi) is 10.1. The van der Waals surface area contributed by atoms with Gasteiger partial charge in [-0.1, -0.05) is 23.2 Å². The molecule has 12 nitrogen and oxygen atoms in total. The van der Waals surface area contributed by atoms with E-state index in [2.05, 4.69) is 20.9 Å². The van der Waals surface area contributed by atoms with Crippen LogP contribution >= 0.6 is 35.4 Å². The van der Waals surface area contributed by atoms with Gasteiger partial charge >= 0.3 is 0 Å². The van der Waals surface area contributed by atoms with E-state index >= 15 is 0 Å². The molecule has 3 aromatic carbocycles. The molecule has 1 amide bonds. The van der Waals surface area contributed by atoms with Crippen LogP contribution in [0.1, 0.15) is 10.4 Å². The van der Waals surface area contributed by atoms with Crippen LogP contribution in [0.25, 0.3) is 0 Å². The number of carbonyl (C=O) groups is 1. The van der Waals surface area contributed by atoms with Gasteiger partial charge in [0.05, 0.1) is 35.9 Å². The first kappa shape index (κ1) is 31.7.